The summed E-state index contributed by atoms with van der Waals surface area (Å²) in [5.74, 6) is -0.123. The molecule has 1 aromatic carbocycles. The van der Waals surface area contributed by atoms with Gasteiger partial charge in [0.05, 0.1) is 15.2 Å². The van der Waals surface area contributed by atoms with Gasteiger partial charge in [-0.05, 0) is 50.1 Å². The summed E-state index contributed by atoms with van der Waals surface area (Å²) in [6.45, 7) is 3.06. The van der Waals surface area contributed by atoms with Gasteiger partial charge >= 0.3 is 6.03 Å². The van der Waals surface area contributed by atoms with E-state index in [1.807, 2.05) is 25.1 Å². The summed E-state index contributed by atoms with van der Waals surface area (Å²) in [5, 5.41) is 3.96. The van der Waals surface area contributed by atoms with Crippen molar-refractivity contribution in [3.8, 4) is 0 Å². The second-order valence-electron chi connectivity index (χ2n) is 6.74. The van der Waals surface area contributed by atoms with Crippen LogP contribution in [0.3, 0.4) is 0 Å². The minimum Gasteiger partial charge on any atom is -0.324 e. The molecule has 2 amide bonds. The first-order chi connectivity index (χ1) is 13.1. The lowest BCUT2D eigenvalue weighted by Gasteiger charge is -2.32. The van der Waals surface area contributed by atoms with Gasteiger partial charge in [-0.2, -0.15) is 0 Å². The van der Waals surface area contributed by atoms with Gasteiger partial charge in [0.1, 0.15) is 0 Å². The number of aryl methyl sites for hydroxylation is 1. The molecule has 1 N–H and O–H groups in total. The van der Waals surface area contributed by atoms with Crippen LogP contribution in [-0.2, 0) is 0 Å². The molecular weight excluding hydrogens is 360 g/mol. The first-order valence-electron chi connectivity index (χ1n) is 8.97. The number of hydrogen-bond acceptors (Lipinski definition) is 5. The van der Waals surface area contributed by atoms with Crippen LogP contribution in [0.4, 0.5) is 10.5 Å². The first kappa shape index (κ1) is 17.6. The number of piperidine rings is 1. The molecule has 1 atom stereocenters. The van der Waals surface area contributed by atoms with E-state index in [0.717, 1.165) is 33.8 Å². The van der Waals surface area contributed by atoms with Crippen LogP contribution < -0.4 is 5.32 Å². The summed E-state index contributed by atoms with van der Waals surface area (Å²) < 4.78 is 1.05. The van der Waals surface area contributed by atoms with Crippen molar-refractivity contribution in [3.05, 3.63) is 53.3 Å². The predicted molar refractivity (Wildman–Crippen MR) is 106 cm³/mol. The van der Waals surface area contributed by atoms with Crippen LogP contribution in [0.25, 0.3) is 10.2 Å². The Balaban J connectivity index is 1.44. The Morgan fingerprint density at radius 1 is 1.30 bits per heavy atom. The standard InChI is InChI=1S/C20H20N4O2S/c1-13-22-17-7-6-16(10-18(17)27-13)23-20(26)24-9-3-5-15(12-24)19(25)14-4-2-8-21-11-14/h2,4,6-8,10-11,15H,3,5,9,12H2,1H3,(H,23,26). The second-order valence-corrected chi connectivity index (χ2v) is 7.97. The van der Waals surface area contributed by atoms with Gasteiger partial charge in [0.2, 0.25) is 0 Å². The van der Waals surface area contributed by atoms with Crippen molar-refractivity contribution in [2.24, 2.45) is 5.92 Å². The van der Waals surface area contributed by atoms with E-state index in [1.54, 1.807) is 40.8 Å². The topological polar surface area (TPSA) is 75.2 Å². The first-order valence-corrected chi connectivity index (χ1v) is 9.79. The van der Waals surface area contributed by atoms with E-state index in [-0.39, 0.29) is 17.7 Å². The monoisotopic (exact) mass is 380 g/mol. The number of likely N-dealkylation sites (tertiary alicyclic amines) is 1. The van der Waals surface area contributed by atoms with Crippen molar-refractivity contribution in [2.75, 3.05) is 18.4 Å². The minimum atomic E-state index is -0.180. The van der Waals surface area contributed by atoms with E-state index in [4.69, 9.17) is 0 Å². The third-order valence-electron chi connectivity index (χ3n) is 4.77. The largest absolute Gasteiger partial charge is 0.324 e. The molecule has 0 aliphatic carbocycles. The maximum absolute atomic E-state index is 12.7. The highest BCUT2D eigenvalue weighted by atomic mass is 32.1. The van der Waals surface area contributed by atoms with Gasteiger partial charge in [0.15, 0.2) is 5.78 Å². The fourth-order valence-corrected chi connectivity index (χ4v) is 4.31. The molecule has 1 aliphatic rings. The molecule has 1 fully saturated rings. The summed E-state index contributed by atoms with van der Waals surface area (Å²) in [5.41, 5.74) is 2.29. The zero-order valence-corrected chi connectivity index (χ0v) is 15.8. The van der Waals surface area contributed by atoms with Crippen LogP contribution in [-0.4, -0.2) is 39.8 Å². The Hall–Kier alpha value is -2.80. The zero-order chi connectivity index (χ0) is 18.8. The number of hydrogen-bond donors (Lipinski definition) is 1. The van der Waals surface area contributed by atoms with Gasteiger partial charge in [-0.1, -0.05) is 0 Å². The molecule has 27 heavy (non-hydrogen) atoms. The molecular formula is C20H20N4O2S. The summed E-state index contributed by atoms with van der Waals surface area (Å²) >= 11 is 1.60. The highest BCUT2D eigenvalue weighted by Crippen LogP contribution is 2.26. The van der Waals surface area contributed by atoms with Gasteiger partial charge in [0.25, 0.3) is 0 Å². The number of pyridine rings is 1. The maximum atomic E-state index is 12.7. The number of fused-ring (bicyclic) bond motifs is 1. The van der Waals surface area contributed by atoms with Gasteiger partial charge in [-0.15, -0.1) is 11.3 Å². The van der Waals surface area contributed by atoms with Gasteiger partial charge in [-0.3, -0.25) is 9.78 Å². The Bertz CT molecular complexity index is 986. The molecule has 2 aromatic heterocycles. The third kappa shape index (κ3) is 3.83. The van der Waals surface area contributed by atoms with Gasteiger partial charge < -0.3 is 10.2 Å². The molecule has 3 aromatic rings. The quantitative estimate of drug-likeness (QED) is 0.694. The number of anilines is 1. The molecule has 0 spiro atoms. The maximum Gasteiger partial charge on any atom is 0.321 e. The zero-order valence-electron chi connectivity index (χ0n) is 15.0. The highest BCUT2D eigenvalue weighted by molar-refractivity contribution is 7.18. The van der Waals surface area contributed by atoms with Crippen LogP contribution in [0.15, 0.2) is 42.7 Å². The van der Waals surface area contributed by atoms with E-state index in [2.05, 4.69) is 15.3 Å². The molecule has 0 bridgehead atoms. The van der Waals surface area contributed by atoms with E-state index in [1.165, 1.54) is 0 Å². The lowest BCUT2D eigenvalue weighted by atomic mass is 9.91. The number of thiazole rings is 1. The van der Waals surface area contributed by atoms with E-state index in [9.17, 15) is 9.59 Å². The molecule has 7 heteroatoms. The minimum absolute atomic E-state index is 0.0576. The third-order valence-corrected chi connectivity index (χ3v) is 5.71. The Morgan fingerprint density at radius 2 is 2.19 bits per heavy atom. The SMILES string of the molecule is Cc1nc2ccc(NC(=O)N3CCCC(C(=O)c4cccnc4)C3)cc2s1. The average Bonchev–Trinajstić information content (AvgIpc) is 3.07. The van der Waals surface area contributed by atoms with Crippen molar-refractivity contribution in [1.29, 1.82) is 0 Å². The molecule has 1 unspecified atom stereocenters. The Morgan fingerprint density at radius 3 is 3.00 bits per heavy atom. The van der Waals surface area contributed by atoms with Gasteiger partial charge in [0, 0.05) is 42.7 Å². The number of carbonyl (C=O) groups excluding carboxylic acids is 2. The second kappa shape index (κ2) is 7.44. The number of ketones is 1. The van der Waals surface area contributed by atoms with E-state index >= 15 is 0 Å². The number of Topliss-reactive ketones (excluding diaryl/α,β-unsaturated/α-hetero) is 1. The number of aromatic nitrogens is 2. The van der Waals surface area contributed by atoms with Crippen LogP contribution >= 0.6 is 11.3 Å². The molecule has 1 saturated heterocycles. The lowest BCUT2D eigenvalue weighted by molar-refractivity contribution is 0.0851. The number of nitrogens with one attached hydrogen (secondary N) is 1. The predicted octanol–water partition coefficient (Wildman–Crippen LogP) is 4.13. The van der Waals surface area contributed by atoms with Crippen molar-refractivity contribution < 1.29 is 9.59 Å². The van der Waals surface area contributed by atoms with E-state index < -0.39 is 0 Å². The van der Waals surface area contributed by atoms with Crippen molar-refractivity contribution in [1.82, 2.24) is 14.9 Å². The highest BCUT2D eigenvalue weighted by Gasteiger charge is 2.29. The van der Waals surface area contributed by atoms with E-state index in [0.29, 0.717) is 18.7 Å². The summed E-state index contributed by atoms with van der Waals surface area (Å²) in [7, 11) is 0. The normalized spacial score (nSPS) is 17.1. The smallest absolute Gasteiger partial charge is 0.321 e. The van der Waals surface area contributed by atoms with Crippen molar-refractivity contribution in [3.63, 3.8) is 0 Å². The molecule has 1 aliphatic heterocycles. The summed E-state index contributed by atoms with van der Waals surface area (Å²) in [6, 6.07) is 9.10. The number of carbonyl (C=O) groups is 2. The molecule has 138 valence electrons. The fraction of sp³-hybridized carbons (Fsp3) is 0.300. The van der Waals surface area contributed by atoms with Crippen LogP contribution in [0.1, 0.15) is 28.2 Å². The fourth-order valence-electron chi connectivity index (χ4n) is 3.44. The number of benzene rings is 1. The molecule has 0 saturated carbocycles. The van der Waals surface area contributed by atoms with Crippen LogP contribution in [0.5, 0.6) is 0 Å². The molecule has 6 nitrogen and oxygen atoms in total. The van der Waals surface area contributed by atoms with Crippen molar-refractivity contribution in [2.45, 2.75) is 19.8 Å². The van der Waals surface area contributed by atoms with Crippen molar-refractivity contribution >= 4 is 39.1 Å². The Kier molecular flexibility index (Phi) is 4.85. The number of urea groups is 1. The number of amides is 2. The summed E-state index contributed by atoms with van der Waals surface area (Å²) in [6.07, 6.45) is 4.85. The van der Waals surface area contributed by atoms with Gasteiger partial charge in [-0.25, -0.2) is 9.78 Å². The van der Waals surface area contributed by atoms with Crippen LogP contribution in [0.2, 0.25) is 0 Å². The Labute approximate surface area is 161 Å². The lowest BCUT2D eigenvalue weighted by Crippen LogP contribution is -2.44. The van der Waals surface area contributed by atoms with Crippen LogP contribution in [0, 0.1) is 12.8 Å². The number of rotatable bonds is 3. The summed E-state index contributed by atoms with van der Waals surface area (Å²) in [4.78, 5) is 35.5. The average molecular weight is 380 g/mol. The molecule has 0 radical (unpaired) electrons. The number of nitrogens with zero attached hydrogens (tertiary/aromatic N) is 3. The molecule has 4 rings (SSSR count). The molecule has 3 heterocycles.